The van der Waals surface area contributed by atoms with Crippen molar-refractivity contribution in [2.24, 2.45) is 16.8 Å². The second-order valence-electron chi connectivity index (χ2n) is 8.23. The van der Waals surface area contributed by atoms with Gasteiger partial charge < -0.3 is 19.1 Å². The van der Waals surface area contributed by atoms with Crippen LogP contribution in [0.1, 0.15) is 18.5 Å². The monoisotopic (exact) mass is 496 g/mol. The number of likely N-dealkylation sites (tertiary alicyclic amines) is 1. The van der Waals surface area contributed by atoms with Crippen LogP contribution in [0.5, 0.6) is 5.88 Å². The third-order valence-electron chi connectivity index (χ3n) is 6.00. The van der Waals surface area contributed by atoms with Crippen LogP contribution in [0.2, 0.25) is 0 Å². The molecular weight excluding hydrogens is 470 g/mol. The summed E-state index contributed by atoms with van der Waals surface area (Å²) in [5.74, 6) is -0.134. The lowest BCUT2D eigenvalue weighted by molar-refractivity contribution is -0.150. The molecule has 190 valence electrons. The SMILES string of the molecule is C=C(/N=C\C(=C)C(F)(F)F)N1CC2CC[C@H](C1)C2Oc1cc(C(F)(F)F)n(CC(OC)OC)n1. The van der Waals surface area contributed by atoms with Crippen molar-refractivity contribution in [1.82, 2.24) is 14.7 Å². The highest BCUT2D eigenvalue weighted by Crippen LogP contribution is 2.41. The Bertz CT molecular complexity index is 909. The molecule has 1 saturated carbocycles. The van der Waals surface area contributed by atoms with E-state index in [1.165, 1.54) is 14.2 Å². The molecule has 2 bridgehead atoms. The van der Waals surface area contributed by atoms with Crippen molar-refractivity contribution in [3.05, 3.63) is 36.3 Å². The zero-order valence-electron chi connectivity index (χ0n) is 18.7. The van der Waals surface area contributed by atoms with Crippen LogP contribution in [0.3, 0.4) is 0 Å². The summed E-state index contributed by atoms with van der Waals surface area (Å²) in [5, 5.41) is 3.97. The Labute approximate surface area is 192 Å². The number of ether oxygens (including phenoxy) is 3. The van der Waals surface area contributed by atoms with Crippen molar-refractivity contribution in [1.29, 1.82) is 0 Å². The fourth-order valence-corrected chi connectivity index (χ4v) is 4.23. The number of rotatable bonds is 9. The summed E-state index contributed by atoms with van der Waals surface area (Å²) in [4.78, 5) is 5.54. The van der Waals surface area contributed by atoms with Crippen molar-refractivity contribution in [3.63, 3.8) is 0 Å². The van der Waals surface area contributed by atoms with Crippen molar-refractivity contribution in [2.75, 3.05) is 27.3 Å². The van der Waals surface area contributed by atoms with Gasteiger partial charge in [0, 0.05) is 51.4 Å². The van der Waals surface area contributed by atoms with Gasteiger partial charge >= 0.3 is 12.4 Å². The molecule has 2 unspecified atom stereocenters. The lowest BCUT2D eigenvalue weighted by Crippen LogP contribution is -2.46. The van der Waals surface area contributed by atoms with Crippen LogP contribution in [0.4, 0.5) is 26.3 Å². The van der Waals surface area contributed by atoms with Crippen LogP contribution in [0, 0.1) is 11.8 Å². The van der Waals surface area contributed by atoms with E-state index in [1.807, 2.05) is 0 Å². The maximum absolute atomic E-state index is 13.5. The van der Waals surface area contributed by atoms with E-state index in [9.17, 15) is 26.3 Å². The van der Waals surface area contributed by atoms with Crippen LogP contribution < -0.4 is 4.74 Å². The molecule has 2 heterocycles. The maximum Gasteiger partial charge on any atom is 0.433 e. The van der Waals surface area contributed by atoms with E-state index in [0.29, 0.717) is 19.3 Å². The van der Waals surface area contributed by atoms with Crippen molar-refractivity contribution < 1.29 is 40.6 Å². The van der Waals surface area contributed by atoms with Crippen LogP contribution in [0.15, 0.2) is 35.6 Å². The van der Waals surface area contributed by atoms with Gasteiger partial charge in [0.1, 0.15) is 17.6 Å². The number of allylic oxidation sites excluding steroid dienone is 1. The van der Waals surface area contributed by atoms with Gasteiger partial charge in [0.2, 0.25) is 5.88 Å². The molecule has 34 heavy (non-hydrogen) atoms. The summed E-state index contributed by atoms with van der Waals surface area (Å²) in [6.07, 6.45) is -8.41. The van der Waals surface area contributed by atoms with E-state index in [2.05, 4.69) is 23.2 Å². The standard InChI is InChI=1S/C21H26F6N4O3/c1-12(20(22,23)24)8-28-13(2)30-9-14-5-6-15(10-30)19(14)34-17-7-16(21(25,26)27)31(29-17)11-18(32-3)33-4/h7-8,14-15,18-19H,1-2,5-6,9-11H2,3-4H3/b28-8-/t14-,15?,19?/m1/s1. The molecule has 1 saturated heterocycles. The number of fused-ring (bicyclic) bond motifs is 2. The summed E-state index contributed by atoms with van der Waals surface area (Å²) in [5.41, 5.74) is -2.07. The average Bonchev–Trinajstić information content (AvgIpc) is 3.25. The van der Waals surface area contributed by atoms with Gasteiger partial charge in [-0.1, -0.05) is 13.2 Å². The van der Waals surface area contributed by atoms with E-state index >= 15 is 0 Å². The first-order chi connectivity index (χ1) is 15.8. The summed E-state index contributed by atoms with van der Waals surface area (Å²) in [6.45, 7) is 7.20. The quantitative estimate of drug-likeness (QED) is 0.290. The summed E-state index contributed by atoms with van der Waals surface area (Å²) in [7, 11) is 2.62. The van der Waals surface area contributed by atoms with E-state index < -0.39 is 29.9 Å². The van der Waals surface area contributed by atoms with Crippen molar-refractivity contribution >= 4 is 6.21 Å². The zero-order valence-corrected chi connectivity index (χ0v) is 18.7. The Hall–Kier alpha value is -2.54. The van der Waals surface area contributed by atoms with Gasteiger partial charge in [-0.3, -0.25) is 4.68 Å². The first kappa shape index (κ1) is 26.1. The molecule has 0 radical (unpaired) electrons. The number of hydrogen-bond donors (Lipinski definition) is 0. The van der Waals surface area contributed by atoms with Crippen LogP contribution >= 0.6 is 0 Å². The summed E-state index contributed by atoms with van der Waals surface area (Å²) >= 11 is 0. The number of halogens is 6. The van der Waals surface area contributed by atoms with Gasteiger partial charge in [0.05, 0.1) is 12.1 Å². The molecule has 1 aromatic heterocycles. The van der Waals surface area contributed by atoms with E-state index in [0.717, 1.165) is 23.6 Å². The third-order valence-corrected chi connectivity index (χ3v) is 6.00. The van der Waals surface area contributed by atoms with Crippen molar-refractivity contribution in [3.8, 4) is 5.88 Å². The average molecular weight is 496 g/mol. The largest absolute Gasteiger partial charge is 0.473 e. The molecule has 7 nitrogen and oxygen atoms in total. The van der Waals surface area contributed by atoms with Gasteiger partial charge in [0.15, 0.2) is 6.29 Å². The molecule has 1 aromatic rings. The molecule has 1 aliphatic heterocycles. The molecule has 2 aliphatic rings. The molecule has 3 rings (SSSR count). The first-order valence-corrected chi connectivity index (χ1v) is 10.4. The molecule has 3 atom stereocenters. The Morgan fingerprint density at radius 3 is 2.24 bits per heavy atom. The van der Waals surface area contributed by atoms with Crippen LogP contribution in [0.25, 0.3) is 0 Å². The highest BCUT2D eigenvalue weighted by atomic mass is 19.4. The number of hydrogen-bond acceptors (Lipinski definition) is 6. The third kappa shape index (κ3) is 5.93. The number of alkyl halides is 6. The molecule has 0 amide bonds. The molecular formula is C21H26F6N4O3. The van der Waals surface area contributed by atoms with Gasteiger partial charge in [-0.15, -0.1) is 5.10 Å². The topological polar surface area (TPSA) is 61.1 Å². The second-order valence-corrected chi connectivity index (χ2v) is 8.23. The second kappa shape index (κ2) is 9.98. The minimum absolute atomic E-state index is 0.0679. The molecule has 1 aliphatic carbocycles. The van der Waals surface area contributed by atoms with Crippen LogP contribution in [-0.2, 0) is 22.2 Å². The van der Waals surface area contributed by atoms with Gasteiger partial charge in [-0.05, 0) is 12.8 Å². The van der Waals surface area contributed by atoms with Gasteiger partial charge in [-0.2, -0.15) is 26.3 Å². The van der Waals surface area contributed by atoms with Gasteiger partial charge in [-0.25, -0.2) is 4.99 Å². The number of aliphatic imine (C=N–C) groups is 1. The fraction of sp³-hybridized carbons (Fsp3) is 0.619. The Balaban J connectivity index is 1.69. The van der Waals surface area contributed by atoms with Crippen LogP contribution in [-0.4, -0.2) is 66.8 Å². The normalized spacial score (nSPS) is 23.2. The predicted molar refractivity (Wildman–Crippen MR) is 110 cm³/mol. The van der Waals surface area contributed by atoms with Crippen molar-refractivity contribution in [2.45, 2.75) is 44.1 Å². The molecule has 0 aromatic carbocycles. The Morgan fingerprint density at radius 1 is 1.15 bits per heavy atom. The first-order valence-electron chi connectivity index (χ1n) is 10.4. The van der Waals surface area contributed by atoms with E-state index in [4.69, 9.17) is 14.2 Å². The molecule has 0 spiro atoms. The van der Waals surface area contributed by atoms with Gasteiger partial charge in [0.25, 0.3) is 0 Å². The smallest absolute Gasteiger partial charge is 0.433 e. The number of nitrogens with zero attached hydrogens (tertiary/aromatic N) is 4. The summed E-state index contributed by atoms with van der Waals surface area (Å²) < 4.78 is 94.9. The minimum atomic E-state index is -4.65. The lowest BCUT2D eigenvalue weighted by Gasteiger charge is -2.38. The van der Waals surface area contributed by atoms with E-state index in [1.54, 1.807) is 4.90 Å². The number of methoxy groups -OCH3 is 2. The highest BCUT2D eigenvalue weighted by molar-refractivity contribution is 5.80. The Morgan fingerprint density at radius 2 is 1.74 bits per heavy atom. The maximum atomic E-state index is 13.5. The minimum Gasteiger partial charge on any atom is -0.473 e. The molecule has 2 fully saturated rings. The zero-order chi connectivity index (χ0) is 25.3. The molecule has 0 N–H and O–H groups in total. The predicted octanol–water partition coefficient (Wildman–Crippen LogP) is 4.27. The van der Waals surface area contributed by atoms with E-state index in [-0.39, 0.29) is 36.2 Å². The fourth-order valence-electron chi connectivity index (χ4n) is 4.23. The number of aromatic nitrogens is 2. The molecule has 13 heteroatoms. The lowest BCUT2D eigenvalue weighted by atomic mass is 9.95. The summed E-state index contributed by atoms with van der Waals surface area (Å²) in [6, 6.07) is 0.847. The number of piperidine rings is 1. The highest BCUT2D eigenvalue weighted by Gasteiger charge is 2.45. The Kier molecular flexibility index (Phi) is 7.65.